The van der Waals surface area contributed by atoms with Gasteiger partial charge in [-0.2, -0.15) is 0 Å². The first kappa shape index (κ1) is 20.6. The van der Waals surface area contributed by atoms with Gasteiger partial charge in [0.2, 0.25) is 15.9 Å². The lowest BCUT2D eigenvalue weighted by molar-refractivity contribution is -0.114. The molecule has 0 aliphatic heterocycles. The Morgan fingerprint density at radius 3 is 2.28 bits per heavy atom. The first-order valence-electron chi connectivity index (χ1n) is 9.25. The lowest BCUT2D eigenvalue weighted by Crippen LogP contribution is -2.38. The third-order valence-corrected chi connectivity index (χ3v) is 5.73. The first-order valence-corrected chi connectivity index (χ1v) is 11.1. The van der Waals surface area contributed by atoms with E-state index in [0.29, 0.717) is 11.4 Å². The van der Waals surface area contributed by atoms with E-state index in [4.69, 9.17) is 0 Å². The van der Waals surface area contributed by atoms with Crippen molar-refractivity contribution in [3.05, 3.63) is 83.9 Å². The molecule has 3 aromatic carbocycles. The van der Waals surface area contributed by atoms with Gasteiger partial charge in [-0.3, -0.25) is 9.10 Å². The number of rotatable bonds is 6. The molecule has 1 amide bonds. The Labute approximate surface area is 172 Å². The summed E-state index contributed by atoms with van der Waals surface area (Å²) in [5.41, 5.74) is 4.71. The van der Waals surface area contributed by atoms with E-state index in [1.807, 2.05) is 80.6 Å². The number of para-hydroxylation sites is 1. The third kappa shape index (κ3) is 5.03. The number of aryl methyl sites for hydroxylation is 2. The average Bonchev–Trinajstić information content (AvgIpc) is 2.68. The molecule has 1 N–H and O–H groups in total. The van der Waals surface area contributed by atoms with Crippen molar-refractivity contribution in [1.82, 2.24) is 0 Å². The number of nitrogens with zero attached hydrogens (tertiary/aromatic N) is 1. The number of amides is 1. The van der Waals surface area contributed by atoms with Crippen molar-refractivity contribution in [2.45, 2.75) is 13.8 Å². The number of hydrogen-bond donors (Lipinski definition) is 1. The number of hydrogen-bond acceptors (Lipinski definition) is 3. The van der Waals surface area contributed by atoms with Crippen LogP contribution < -0.4 is 9.62 Å². The highest BCUT2D eigenvalue weighted by Crippen LogP contribution is 2.28. The van der Waals surface area contributed by atoms with Gasteiger partial charge in [0.05, 0.1) is 11.9 Å². The average molecular weight is 409 g/mol. The molecule has 0 fully saturated rings. The first-order chi connectivity index (χ1) is 13.8. The van der Waals surface area contributed by atoms with Gasteiger partial charge in [0.25, 0.3) is 0 Å². The van der Waals surface area contributed by atoms with E-state index in [2.05, 4.69) is 5.32 Å². The van der Waals surface area contributed by atoms with Gasteiger partial charge in [0.1, 0.15) is 6.54 Å². The zero-order valence-corrected chi connectivity index (χ0v) is 17.5. The van der Waals surface area contributed by atoms with E-state index < -0.39 is 15.9 Å². The van der Waals surface area contributed by atoms with Gasteiger partial charge in [0, 0.05) is 11.3 Å². The molecule has 0 saturated carbocycles. The third-order valence-electron chi connectivity index (χ3n) is 4.61. The van der Waals surface area contributed by atoms with Gasteiger partial charge >= 0.3 is 0 Å². The van der Waals surface area contributed by atoms with Gasteiger partial charge < -0.3 is 5.32 Å². The molecule has 0 aliphatic carbocycles. The topological polar surface area (TPSA) is 66.5 Å². The predicted octanol–water partition coefficient (Wildman–Crippen LogP) is 4.38. The standard InChI is InChI=1S/C23H24N2O3S/c1-17-13-14-18(2)22(15-17)25(29(3,27)28)16-23(26)24-21-12-8-7-11-20(21)19-9-5-4-6-10-19/h4-15H,16H2,1-3H3,(H,24,26). The molecular formula is C23H24N2O3S. The minimum Gasteiger partial charge on any atom is -0.324 e. The van der Waals surface area contributed by atoms with Crippen LogP contribution >= 0.6 is 0 Å². The summed E-state index contributed by atoms with van der Waals surface area (Å²) < 4.78 is 26.0. The molecule has 0 unspecified atom stereocenters. The Bertz CT molecular complexity index is 1130. The molecule has 0 bridgehead atoms. The summed E-state index contributed by atoms with van der Waals surface area (Å²) in [5.74, 6) is -0.403. The molecule has 3 rings (SSSR count). The van der Waals surface area contributed by atoms with Crippen molar-refractivity contribution in [3.63, 3.8) is 0 Å². The van der Waals surface area contributed by atoms with Crippen molar-refractivity contribution >= 4 is 27.3 Å². The van der Waals surface area contributed by atoms with Gasteiger partial charge in [-0.25, -0.2) is 8.42 Å². The van der Waals surface area contributed by atoms with Crippen LogP contribution in [0.25, 0.3) is 11.1 Å². The van der Waals surface area contributed by atoms with Crippen molar-refractivity contribution in [2.75, 3.05) is 22.4 Å². The van der Waals surface area contributed by atoms with Gasteiger partial charge in [-0.05, 0) is 42.7 Å². The van der Waals surface area contributed by atoms with Crippen LogP contribution in [0.15, 0.2) is 72.8 Å². The van der Waals surface area contributed by atoms with Crippen LogP contribution in [0.2, 0.25) is 0 Å². The summed E-state index contributed by atoms with van der Waals surface area (Å²) in [5, 5.41) is 2.87. The smallest absolute Gasteiger partial charge is 0.245 e. The van der Waals surface area contributed by atoms with E-state index >= 15 is 0 Å². The highest BCUT2D eigenvalue weighted by Gasteiger charge is 2.23. The fourth-order valence-electron chi connectivity index (χ4n) is 3.15. The Morgan fingerprint density at radius 1 is 0.931 bits per heavy atom. The highest BCUT2D eigenvalue weighted by molar-refractivity contribution is 7.92. The van der Waals surface area contributed by atoms with Gasteiger partial charge in [-0.1, -0.05) is 60.7 Å². The van der Waals surface area contributed by atoms with Crippen molar-refractivity contribution in [1.29, 1.82) is 0 Å². The van der Waals surface area contributed by atoms with Crippen molar-refractivity contribution in [3.8, 4) is 11.1 Å². The number of benzene rings is 3. The lowest BCUT2D eigenvalue weighted by Gasteiger charge is -2.24. The van der Waals surface area contributed by atoms with Crippen LogP contribution in [0.5, 0.6) is 0 Å². The number of nitrogens with one attached hydrogen (secondary N) is 1. The van der Waals surface area contributed by atoms with Crippen molar-refractivity contribution in [2.24, 2.45) is 0 Å². The number of carbonyl (C=O) groups is 1. The van der Waals surface area contributed by atoms with E-state index in [1.165, 1.54) is 0 Å². The highest BCUT2D eigenvalue weighted by atomic mass is 32.2. The molecule has 150 valence electrons. The van der Waals surface area contributed by atoms with E-state index in [9.17, 15) is 13.2 Å². The zero-order valence-electron chi connectivity index (χ0n) is 16.7. The number of sulfonamides is 1. The van der Waals surface area contributed by atoms with Crippen LogP contribution in [0.4, 0.5) is 11.4 Å². The summed E-state index contributed by atoms with van der Waals surface area (Å²) >= 11 is 0. The molecule has 6 heteroatoms. The van der Waals surface area contributed by atoms with Gasteiger partial charge in [0.15, 0.2) is 0 Å². The molecule has 0 atom stereocenters. The largest absolute Gasteiger partial charge is 0.324 e. The summed E-state index contributed by atoms with van der Waals surface area (Å²) in [7, 11) is -3.63. The minimum atomic E-state index is -3.63. The normalized spacial score (nSPS) is 11.1. The van der Waals surface area contributed by atoms with Crippen LogP contribution in [0.1, 0.15) is 11.1 Å². The van der Waals surface area contributed by atoms with E-state index in [-0.39, 0.29) is 6.54 Å². The zero-order chi connectivity index (χ0) is 21.0. The van der Waals surface area contributed by atoms with E-state index in [0.717, 1.165) is 32.8 Å². The molecule has 5 nitrogen and oxygen atoms in total. The Balaban J connectivity index is 1.89. The molecule has 0 radical (unpaired) electrons. The van der Waals surface area contributed by atoms with Crippen LogP contribution in [0, 0.1) is 13.8 Å². The molecule has 29 heavy (non-hydrogen) atoms. The second-order valence-electron chi connectivity index (χ2n) is 7.02. The summed E-state index contributed by atoms with van der Waals surface area (Å²) in [6.45, 7) is 3.42. The SMILES string of the molecule is Cc1ccc(C)c(N(CC(=O)Nc2ccccc2-c2ccccc2)S(C)(=O)=O)c1. The number of anilines is 2. The molecule has 3 aromatic rings. The fraction of sp³-hybridized carbons (Fsp3) is 0.174. The molecule has 0 spiro atoms. The Hall–Kier alpha value is -3.12. The second-order valence-corrected chi connectivity index (χ2v) is 8.93. The Kier molecular flexibility index (Phi) is 6.03. The fourth-order valence-corrected chi connectivity index (χ4v) is 4.06. The van der Waals surface area contributed by atoms with E-state index in [1.54, 1.807) is 6.07 Å². The number of carbonyl (C=O) groups excluding carboxylic acids is 1. The summed E-state index contributed by atoms with van der Waals surface area (Å²) in [4.78, 5) is 12.8. The molecule has 0 aliphatic rings. The van der Waals surface area contributed by atoms with Crippen LogP contribution in [0.3, 0.4) is 0 Å². The summed E-state index contributed by atoms with van der Waals surface area (Å²) in [6, 6.07) is 22.7. The maximum absolute atomic E-state index is 12.8. The Morgan fingerprint density at radius 2 is 1.59 bits per heavy atom. The monoisotopic (exact) mass is 408 g/mol. The summed E-state index contributed by atoms with van der Waals surface area (Å²) in [6.07, 6.45) is 1.11. The lowest BCUT2D eigenvalue weighted by atomic mass is 10.0. The maximum Gasteiger partial charge on any atom is 0.245 e. The molecule has 0 aromatic heterocycles. The van der Waals surface area contributed by atoms with Crippen molar-refractivity contribution < 1.29 is 13.2 Å². The predicted molar refractivity (Wildman–Crippen MR) is 119 cm³/mol. The van der Waals surface area contributed by atoms with Gasteiger partial charge in [-0.15, -0.1) is 0 Å². The molecular weight excluding hydrogens is 384 g/mol. The molecule has 0 saturated heterocycles. The maximum atomic E-state index is 12.8. The molecule has 0 heterocycles. The van der Waals surface area contributed by atoms with Crippen LogP contribution in [-0.2, 0) is 14.8 Å². The second kappa shape index (κ2) is 8.49. The van der Waals surface area contributed by atoms with Crippen LogP contribution in [-0.4, -0.2) is 27.1 Å². The quantitative estimate of drug-likeness (QED) is 0.658. The minimum absolute atomic E-state index is 0.299.